The van der Waals surface area contributed by atoms with E-state index in [1.165, 1.54) is 26.0 Å². The highest BCUT2D eigenvalue weighted by Gasteiger charge is 2.33. The molecule has 0 aliphatic carbocycles. The molecule has 0 amide bonds. The number of carbonyl (C=O) groups is 2. The molecule has 0 N–H and O–H groups in total. The lowest BCUT2D eigenvalue weighted by Crippen LogP contribution is -2.30. The summed E-state index contributed by atoms with van der Waals surface area (Å²) in [5, 5.41) is -0.155. The molecule has 0 saturated heterocycles. The average Bonchev–Trinajstić information content (AvgIpc) is 2.65. The van der Waals surface area contributed by atoms with Gasteiger partial charge in [-0.3, -0.25) is 9.59 Å². The zero-order chi connectivity index (χ0) is 18.8. The van der Waals surface area contributed by atoms with Gasteiger partial charge in [-0.05, 0) is 25.8 Å². The molecule has 0 aliphatic rings. The van der Waals surface area contributed by atoms with Crippen LogP contribution in [0.5, 0.6) is 0 Å². The van der Waals surface area contributed by atoms with Crippen molar-refractivity contribution in [2.45, 2.75) is 25.5 Å². The third kappa shape index (κ3) is 6.32. The summed E-state index contributed by atoms with van der Waals surface area (Å²) >= 11 is 7.03. The highest BCUT2D eigenvalue weighted by molar-refractivity contribution is 8.23. The Hall–Kier alpha value is -1.60. The van der Waals surface area contributed by atoms with Crippen molar-refractivity contribution >= 4 is 40.2 Å². The molecule has 0 heterocycles. The fourth-order valence-electron chi connectivity index (χ4n) is 2.39. The summed E-state index contributed by atoms with van der Waals surface area (Å²) in [4.78, 5) is 26.1. The number of hydrogen-bond donors (Lipinski definition) is 0. The van der Waals surface area contributed by atoms with E-state index in [4.69, 9.17) is 21.7 Å². The van der Waals surface area contributed by atoms with E-state index in [9.17, 15) is 9.59 Å². The summed E-state index contributed by atoms with van der Waals surface area (Å²) in [5.74, 6) is -2.17. The van der Waals surface area contributed by atoms with Crippen LogP contribution in [-0.4, -0.2) is 48.5 Å². The zero-order valence-corrected chi connectivity index (χ0v) is 16.7. The first-order valence-electron chi connectivity index (χ1n) is 8.14. The van der Waals surface area contributed by atoms with Gasteiger partial charge in [-0.15, -0.1) is 0 Å². The van der Waals surface area contributed by atoms with Gasteiger partial charge in [0.2, 0.25) is 0 Å². The van der Waals surface area contributed by atoms with Crippen molar-refractivity contribution in [1.29, 1.82) is 0 Å². The van der Waals surface area contributed by atoms with Gasteiger partial charge < -0.3 is 14.4 Å². The molecule has 0 aliphatic heterocycles. The van der Waals surface area contributed by atoms with Crippen LogP contribution in [0.2, 0.25) is 0 Å². The molecule has 1 aromatic rings. The fourth-order valence-corrected chi connectivity index (χ4v) is 4.22. The van der Waals surface area contributed by atoms with Gasteiger partial charge in [0.25, 0.3) is 0 Å². The van der Waals surface area contributed by atoms with Gasteiger partial charge >= 0.3 is 11.9 Å². The van der Waals surface area contributed by atoms with Crippen LogP contribution in [0, 0.1) is 5.92 Å². The molecule has 25 heavy (non-hydrogen) atoms. The molecule has 5 nitrogen and oxygen atoms in total. The maximum Gasteiger partial charge on any atom is 0.320 e. The number of esters is 2. The molecule has 1 rings (SSSR count). The first kappa shape index (κ1) is 21.4. The maximum absolute atomic E-state index is 12.0. The lowest BCUT2D eigenvalue weighted by Gasteiger charge is -2.26. The van der Waals surface area contributed by atoms with E-state index in [1.54, 1.807) is 0 Å². The Morgan fingerprint density at radius 2 is 1.60 bits per heavy atom. The predicted molar refractivity (Wildman–Crippen MR) is 104 cm³/mol. The molecule has 1 atom stereocenters. The van der Waals surface area contributed by atoms with Crippen LogP contribution in [0.1, 0.15) is 31.1 Å². The highest BCUT2D eigenvalue weighted by Crippen LogP contribution is 2.37. The van der Waals surface area contributed by atoms with Gasteiger partial charge in [0.1, 0.15) is 4.32 Å². The number of thioether (sulfide) groups is 1. The number of carbonyl (C=O) groups excluding carboxylic acids is 2. The number of benzene rings is 1. The quantitative estimate of drug-likeness (QED) is 0.387. The van der Waals surface area contributed by atoms with Crippen molar-refractivity contribution in [3.8, 4) is 0 Å². The van der Waals surface area contributed by atoms with Crippen LogP contribution in [0.3, 0.4) is 0 Å². The van der Waals surface area contributed by atoms with Gasteiger partial charge in [-0.2, -0.15) is 0 Å². The Morgan fingerprint density at radius 1 is 1.08 bits per heavy atom. The first-order chi connectivity index (χ1) is 12.0. The molecule has 1 aromatic carbocycles. The minimum Gasteiger partial charge on any atom is -0.468 e. The average molecular weight is 384 g/mol. The van der Waals surface area contributed by atoms with Crippen LogP contribution in [0.15, 0.2) is 30.3 Å². The Bertz CT molecular complexity index is 560. The lowest BCUT2D eigenvalue weighted by molar-refractivity contribution is -0.159. The summed E-state index contributed by atoms with van der Waals surface area (Å²) in [6.45, 7) is 5.70. The van der Waals surface area contributed by atoms with Crippen molar-refractivity contribution in [1.82, 2.24) is 4.90 Å². The maximum atomic E-state index is 12.0. The standard InChI is InChI=1S/C18H25NO4S2/c1-5-19(6-2)18(24)25-15(13-10-8-7-9-11-13)12-14(16(20)22-3)17(21)23-4/h7-11,14-15H,5-6,12H2,1-4H3. The summed E-state index contributed by atoms with van der Waals surface area (Å²) in [6.07, 6.45) is 0.259. The van der Waals surface area contributed by atoms with E-state index >= 15 is 0 Å². The molecule has 0 bridgehead atoms. The normalized spacial score (nSPS) is 11.7. The van der Waals surface area contributed by atoms with Gasteiger partial charge in [0, 0.05) is 18.3 Å². The molecular weight excluding hydrogens is 358 g/mol. The van der Waals surface area contributed by atoms with E-state index < -0.39 is 17.9 Å². The van der Waals surface area contributed by atoms with Gasteiger partial charge in [0.05, 0.1) is 14.2 Å². The molecular formula is C18H25NO4S2. The zero-order valence-electron chi connectivity index (χ0n) is 15.1. The van der Waals surface area contributed by atoms with Crippen molar-refractivity contribution in [3.63, 3.8) is 0 Å². The minimum absolute atomic E-state index is 0.155. The second-order valence-electron chi connectivity index (χ2n) is 5.29. The number of rotatable bonds is 8. The predicted octanol–water partition coefficient (Wildman–Crippen LogP) is 3.44. The number of hydrogen-bond acceptors (Lipinski definition) is 6. The summed E-state index contributed by atoms with van der Waals surface area (Å²) in [6, 6.07) is 9.71. The van der Waals surface area contributed by atoms with Crippen LogP contribution in [0.4, 0.5) is 0 Å². The minimum atomic E-state index is -0.979. The Balaban J connectivity index is 3.07. The van der Waals surface area contributed by atoms with E-state index in [0.717, 1.165) is 23.0 Å². The second-order valence-corrected chi connectivity index (χ2v) is 7.13. The summed E-state index contributed by atoms with van der Waals surface area (Å²) in [5.41, 5.74) is 1.000. The number of ether oxygens (including phenoxy) is 2. The monoisotopic (exact) mass is 383 g/mol. The lowest BCUT2D eigenvalue weighted by atomic mass is 9.99. The molecule has 0 saturated carbocycles. The van der Waals surface area contributed by atoms with Gasteiger partial charge in [0.15, 0.2) is 5.92 Å². The molecule has 1 unspecified atom stereocenters. The third-order valence-corrected chi connectivity index (χ3v) is 5.61. The number of methoxy groups -OCH3 is 2. The van der Waals surface area contributed by atoms with Crippen LogP contribution >= 0.6 is 24.0 Å². The van der Waals surface area contributed by atoms with E-state index in [2.05, 4.69) is 4.90 Å². The number of nitrogens with zero attached hydrogens (tertiary/aromatic N) is 1. The molecule has 0 spiro atoms. The van der Waals surface area contributed by atoms with Crippen LogP contribution in [0.25, 0.3) is 0 Å². The number of thiocarbonyl (C=S) groups is 1. The van der Waals surface area contributed by atoms with Gasteiger partial charge in [-0.25, -0.2) is 0 Å². The Morgan fingerprint density at radius 3 is 2.04 bits per heavy atom. The Labute approximate surface area is 159 Å². The Kier molecular flexibility index (Phi) is 9.52. The first-order valence-corrected chi connectivity index (χ1v) is 9.43. The second kappa shape index (κ2) is 11.1. The summed E-state index contributed by atoms with van der Waals surface area (Å²) < 4.78 is 10.3. The van der Waals surface area contributed by atoms with Crippen molar-refractivity contribution < 1.29 is 19.1 Å². The van der Waals surface area contributed by atoms with E-state index in [1.807, 2.05) is 44.2 Å². The van der Waals surface area contributed by atoms with Crippen molar-refractivity contribution in [2.24, 2.45) is 5.92 Å². The molecule has 138 valence electrons. The van der Waals surface area contributed by atoms with E-state index in [-0.39, 0.29) is 11.7 Å². The topological polar surface area (TPSA) is 55.8 Å². The molecule has 0 aromatic heterocycles. The summed E-state index contributed by atoms with van der Waals surface area (Å²) in [7, 11) is 2.53. The van der Waals surface area contributed by atoms with Crippen molar-refractivity contribution in [3.05, 3.63) is 35.9 Å². The SMILES string of the molecule is CCN(CC)C(=S)SC(CC(C(=O)OC)C(=O)OC)c1ccccc1. The largest absolute Gasteiger partial charge is 0.468 e. The third-order valence-electron chi connectivity index (χ3n) is 3.86. The molecule has 0 fully saturated rings. The van der Waals surface area contributed by atoms with Gasteiger partial charge in [-0.1, -0.05) is 54.3 Å². The fraction of sp³-hybridized carbons (Fsp3) is 0.500. The van der Waals surface area contributed by atoms with Crippen molar-refractivity contribution in [2.75, 3.05) is 27.3 Å². The molecule has 7 heteroatoms. The van der Waals surface area contributed by atoms with E-state index in [0.29, 0.717) is 0 Å². The molecule has 0 radical (unpaired) electrons. The van der Waals surface area contributed by atoms with Crippen LogP contribution < -0.4 is 0 Å². The smallest absolute Gasteiger partial charge is 0.320 e. The van der Waals surface area contributed by atoms with Crippen LogP contribution in [-0.2, 0) is 19.1 Å². The highest BCUT2D eigenvalue weighted by atomic mass is 32.2.